The van der Waals surface area contributed by atoms with Crippen molar-refractivity contribution in [3.8, 4) is 0 Å². The van der Waals surface area contributed by atoms with Gasteiger partial charge in [0.25, 0.3) is 5.91 Å². The van der Waals surface area contributed by atoms with Crippen LogP contribution in [0.3, 0.4) is 0 Å². The van der Waals surface area contributed by atoms with Crippen LogP contribution < -0.4 is 4.90 Å². The van der Waals surface area contributed by atoms with E-state index in [1.807, 2.05) is 30.3 Å². The van der Waals surface area contributed by atoms with Crippen LogP contribution >= 0.6 is 0 Å². The van der Waals surface area contributed by atoms with E-state index in [0.717, 1.165) is 16.5 Å². The minimum Gasteiger partial charge on any atom is -0.389 e. The van der Waals surface area contributed by atoms with Gasteiger partial charge in [-0.2, -0.15) is 0 Å². The standard InChI is InChI=1S/C21H18FNO3/c22-18-9-2-1-5-15(18)12-26-13-16(24)11-23-19-10-4-7-14-6-3-8-17(20(14)19)21(23)25/h1-10,16,24H,11-13H2/t16-/m0/s1. The number of ether oxygens (including phenoxy) is 1. The second-order valence-corrected chi connectivity index (χ2v) is 6.36. The number of anilines is 1. The molecule has 4 nitrogen and oxygen atoms in total. The lowest BCUT2D eigenvalue weighted by Crippen LogP contribution is -2.37. The van der Waals surface area contributed by atoms with Crippen molar-refractivity contribution >= 4 is 22.4 Å². The summed E-state index contributed by atoms with van der Waals surface area (Å²) in [5.41, 5.74) is 1.89. The highest BCUT2D eigenvalue weighted by atomic mass is 19.1. The Labute approximate surface area is 150 Å². The van der Waals surface area contributed by atoms with Gasteiger partial charge >= 0.3 is 0 Å². The lowest BCUT2D eigenvalue weighted by molar-refractivity contribution is 0.0307. The SMILES string of the molecule is O=C1c2cccc3cccc(c23)N1C[C@H](O)COCc1ccccc1F. The van der Waals surface area contributed by atoms with Crippen molar-refractivity contribution in [3.63, 3.8) is 0 Å². The molecule has 4 rings (SSSR count). The van der Waals surface area contributed by atoms with E-state index in [4.69, 9.17) is 4.74 Å². The number of carbonyl (C=O) groups excluding carboxylic acids is 1. The summed E-state index contributed by atoms with van der Waals surface area (Å²) in [6, 6.07) is 17.7. The molecule has 1 heterocycles. The van der Waals surface area contributed by atoms with Gasteiger partial charge in [-0.25, -0.2) is 4.39 Å². The maximum Gasteiger partial charge on any atom is 0.259 e. The van der Waals surface area contributed by atoms with Gasteiger partial charge in [0.05, 0.1) is 31.5 Å². The molecule has 1 aliphatic rings. The van der Waals surface area contributed by atoms with E-state index >= 15 is 0 Å². The minimum atomic E-state index is -0.865. The Morgan fingerprint density at radius 1 is 1.04 bits per heavy atom. The van der Waals surface area contributed by atoms with E-state index in [0.29, 0.717) is 11.1 Å². The van der Waals surface area contributed by atoms with Crippen molar-refractivity contribution in [1.82, 2.24) is 0 Å². The molecule has 1 N–H and O–H groups in total. The van der Waals surface area contributed by atoms with Crippen LogP contribution in [0.25, 0.3) is 10.8 Å². The van der Waals surface area contributed by atoms with E-state index in [1.165, 1.54) is 6.07 Å². The van der Waals surface area contributed by atoms with Crippen LogP contribution in [-0.4, -0.2) is 30.3 Å². The van der Waals surface area contributed by atoms with Gasteiger partial charge in [0.15, 0.2) is 0 Å². The molecule has 3 aromatic rings. The molecule has 5 heteroatoms. The van der Waals surface area contributed by atoms with E-state index in [1.54, 1.807) is 29.2 Å². The molecule has 1 atom stereocenters. The fraction of sp³-hybridized carbons (Fsp3) is 0.190. The zero-order valence-electron chi connectivity index (χ0n) is 14.1. The number of nitrogens with zero attached hydrogens (tertiary/aromatic N) is 1. The lowest BCUT2D eigenvalue weighted by Gasteiger charge is -2.21. The maximum atomic E-state index is 13.6. The molecule has 0 saturated heterocycles. The summed E-state index contributed by atoms with van der Waals surface area (Å²) < 4.78 is 19.0. The summed E-state index contributed by atoms with van der Waals surface area (Å²) in [5, 5.41) is 12.2. The number of hydrogen-bond donors (Lipinski definition) is 1. The fourth-order valence-electron chi connectivity index (χ4n) is 3.34. The molecule has 0 bridgehead atoms. The van der Waals surface area contributed by atoms with Gasteiger partial charge in [0, 0.05) is 16.5 Å². The average Bonchev–Trinajstić information content (AvgIpc) is 2.91. The molecule has 0 radical (unpaired) electrons. The van der Waals surface area contributed by atoms with Crippen molar-refractivity contribution in [2.75, 3.05) is 18.1 Å². The lowest BCUT2D eigenvalue weighted by atomic mass is 10.1. The number of β-amino-alcohol motifs (C(OH)–C–C–N with tert-alkyl or cyclic N) is 1. The molecule has 1 amide bonds. The molecule has 0 fully saturated rings. The summed E-state index contributed by atoms with van der Waals surface area (Å²) in [6.45, 7) is 0.224. The van der Waals surface area contributed by atoms with Gasteiger partial charge in [-0.3, -0.25) is 4.79 Å². The van der Waals surface area contributed by atoms with Crippen LogP contribution in [0.1, 0.15) is 15.9 Å². The van der Waals surface area contributed by atoms with Crippen LogP contribution in [0, 0.1) is 5.82 Å². The monoisotopic (exact) mass is 351 g/mol. The van der Waals surface area contributed by atoms with Crippen molar-refractivity contribution in [1.29, 1.82) is 0 Å². The predicted octanol–water partition coefficient (Wildman–Crippen LogP) is 3.52. The molecule has 0 aromatic heterocycles. The normalized spacial score (nSPS) is 14.2. The van der Waals surface area contributed by atoms with E-state index in [2.05, 4.69) is 0 Å². The molecule has 26 heavy (non-hydrogen) atoms. The second-order valence-electron chi connectivity index (χ2n) is 6.36. The van der Waals surface area contributed by atoms with Crippen LogP contribution in [0.15, 0.2) is 60.7 Å². The summed E-state index contributed by atoms with van der Waals surface area (Å²) in [5.74, 6) is -0.455. The topological polar surface area (TPSA) is 49.8 Å². The van der Waals surface area contributed by atoms with Crippen LogP contribution in [0.4, 0.5) is 10.1 Å². The van der Waals surface area contributed by atoms with Gasteiger partial charge in [0.1, 0.15) is 5.82 Å². The predicted molar refractivity (Wildman–Crippen MR) is 97.7 cm³/mol. The Morgan fingerprint density at radius 2 is 1.81 bits per heavy atom. The van der Waals surface area contributed by atoms with Crippen molar-refractivity contribution in [3.05, 3.63) is 77.6 Å². The first-order chi connectivity index (χ1) is 12.6. The number of aliphatic hydroxyl groups is 1. The first kappa shape index (κ1) is 16.7. The highest BCUT2D eigenvalue weighted by Gasteiger charge is 2.30. The third kappa shape index (κ3) is 2.96. The number of hydrogen-bond acceptors (Lipinski definition) is 3. The van der Waals surface area contributed by atoms with Crippen molar-refractivity contribution in [2.45, 2.75) is 12.7 Å². The largest absolute Gasteiger partial charge is 0.389 e. The zero-order valence-corrected chi connectivity index (χ0v) is 14.1. The van der Waals surface area contributed by atoms with Gasteiger partial charge in [-0.05, 0) is 23.6 Å². The molecular weight excluding hydrogens is 333 g/mol. The van der Waals surface area contributed by atoms with Crippen molar-refractivity contribution < 1.29 is 19.0 Å². The highest BCUT2D eigenvalue weighted by molar-refractivity contribution is 6.25. The van der Waals surface area contributed by atoms with E-state index < -0.39 is 6.10 Å². The number of rotatable bonds is 6. The first-order valence-corrected chi connectivity index (χ1v) is 8.48. The molecule has 0 unspecified atom stereocenters. The van der Waals surface area contributed by atoms with Gasteiger partial charge in [0.2, 0.25) is 0 Å². The molecule has 0 saturated carbocycles. The average molecular weight is 351 g/mol. The number of halogens is 1. The summed E-state index contributed by atoms with van der Waals surface area (Å²) in [4.78, 5) is 14.3. The van der Waals surface area contributed by atoms with Crippen molar-refractivity contribution in [2.24, 2.45) is 0 Å². The van der Waals surface area contributed by atoms with Gasteiger partial charge < -0.3 is 14.7 Å². The van der Waals surface area contributed by atoms with Gasteiger partial charge in [-0.15, -0.1) is 0 Å². The van der Waals surface area contributed by atoms with Crippen LogP contribution in [0.5, 0.6) is 0 Å². The molecule has 0 aliphatic carbocycles. The van der Waals surface area contributed by atoms with Crippen LogP contribution in [0.2, 0.25) is 0 Å². The molecule has 0 spiro atoms. The number of benzene rings is 3. The Balaban J connectivity index is 1.43. The van der Waals surface area contributed by atoms with E-state index in [9.17, 15) is 14.3 Å². The Bertz CT molecular complexity index is 967. The third-order valence-corrected chi connectivity index (χ3v) is 4.57. The Morgan fingerprint density at radius 3 is 2.62 bits per heavy atom. The smallest absolute Gasteiger partial charge is 0.259 e. The summed E-state index contributed by atoms with van der Waals surface area (Å²) in [6.07, 6.45) is -0.865. The summed E-state index contributed by atoms with van der Waals surface area (Å²) in [7, 11) is 0. The van der Waals surface area contributed by atoms with Gasteiger partial charge in [-0.1, -0.05) is 42.5 Å². The first-order valence-electron chi connectivity index (χ1n) is 8.48. The maximum absolute atomic E-state index is 13.6. The Kier molecular flexibility index (Phi) is 4.41. The molecule has 1 aliphatic heterocycles. The Hall–Kier alpha value is -2.76. The van der Waals surface area contributed by atoms with Crippen LogP contribution in [-0.2, 0) is 11.3 Å². The summed E-state index contributed by atoms with van der Waals surface area (Å²) >= 11 is 0. The molecule has 132 valence electrons. The van der Waals surface area contributed by atoms with E-state index in [-0.39, 0.29) is 31.5 Å². The highest BCUT2D eigenvalue weighted by Crippen LogP contribution is 2.37. The second kappa shape index (κ2) is 6.86. The number of amides is 1. The molecular formula is C21H18FNO3. The fourth-order valence-corrected chi connectivity index (χ4v) is 3.34. The quantitative estimate of drug-likeness (QED) is 0.739. The molecule has 3 aromatic carbocycles. The number of aliphatic hydroxyl groups excluding tert-OH is 1. The third-order valence-electron chi connectivity index (χ3n) is 4.57. The number of carbonyl (C=O) groups is 1. The minimum absolute atomic E-state index is 0.0183. The zero-order chi connectivity index (χ0) is 18.1.